The number of carbonyl (C=O) groups excluding carboxylic acids is 1. The van der Waals surface area contributed by atoms with E-state index in [2.05, 4.69) is 5.32 Å². The van der Waals surface area contributed by atoms with Gasteiger partial charge in [0.1, 0.15) is 10.1 Å². The van der Waals surface area contributed by atoms with Crippen LogP contribution in [0.3, 0.4) is 0 Å². The van der Waals surface area contributed by atoms with Crippen LogP contribution in [0.15, 0.2) is 24.3 Å². The van der Waals surface area contributed by atoms with Crippen LogP contribution >= 0.6 is 23.2 Å². The number of hydrogen-bond acceptors (Lipinski definition) is 3. The summed E-state index contributed by atoms with van der Waals surface area (Å²) in [6.07, 6.45) is 2.43. The van der Waals surface area contributed by atoms with Crippen molar-refractivity contribution in [2.75, 3.05) is 25.5 Å². The zero-order valence-corrected chi connectivity index (χ0v) is 14.0. The lowest BCUT2D eigenvalue weighted by atomic mass is 10.0. The van der Waals surface area contributed by atoms with E-state index in [4.69, 9.17) is 27.9 Å². The standard InChI is InChI=1S/C16H20Cl2N2O2/c1-22-13-4-2-3-12(9-13)19-11-5-7-20(8-6-11)15(21)14-10-16(14,17)18/h2-4,9,11,14,19H,5-8,10H2,1H3. The number of alkyl halides is 2. The van der Waals surface area contributed by atoms with E-state index in [1.165, 1.54) is 0 Å². The molecule has 1 aromatic rings. The fraction of sp³-hybridized carbons (Fsp3) is 0.562. The molecular weight excluding hydrogens is 323 g/mol. The second-order valence-corrected chi connectivity index (χ2v) is 7.54. The minimum Gasteiger partial charge on any atom is -0.497 e. The van der Waals surface area contributed by atoms with Gasteiger partial charge in [0, 0.05) is 30.9 Å². The number of ether oxygens (including phenoxy) is 1. The van der Waals surface area contributed by atoms with Crippen LogP contribution in [-0.4, -0.2) is 41.4 Å². The zero-order valence-electron chi connectivity index (χ0n) is 12.5. The lowest BCUT2D eigenvalue weighted by molar-refractivity contribution is -0.133. The molecule has 0 radical (unpaired) electrons. The van der Waals surface area contributed by atoms with Crippen molar-refractivity contribution < 1.29 is 9.53 Å². The van der Waals surface area contributed by atoms with Crippen LogP contribution < -0.4 is 10.1 Å². The Hall–Kier alpha value is -1.13. The summed E-state index contributed by atoms with van der Waals surface area (Å²) in [6.45, 7) is 1.50. The van der Waals surface area contributed by atoms with Crippen molar-refractivity contribution >= 4 is 34.8 Å². The molecule has 1 heterocycles. The van der Waals surface area contributed by atoms with Gasteiger partial charge in [-0.15, -0.1) is 23.2 Å². The van der Waals surface area contributed by atoms with Crippen LogP contribution in [0.25, 0.3) is 0 Å². The third-order valence-electron chi connectivity index (χ3n) is 4.37. The van der Waals surface area contributed by atoms with Crippen molar-refractivity contribution in [3.63, 3.8) is 0 Å². The molecule has 1 amide bonds. The number of rotatable bonds is 4. The number of nitrogens with zero attached hydrogens (tertiary/aromatic N) is 1. The first-order chi connectivity index (χ1) is 10.5. The van der Waals surface area contributed by atoms with Crippen LogP contribution in [0.1, 0.15) is 19.3 Å². The molecule has 22 heavy (non-hydrogen) atoms. The molecule has 6 heteroatoms. The van der Waals surface area contributed by atoms with Crippen LogP contribution in [0, 0.1) is 5.92 Å². The predicted octanol–water partition coefficient (Wildman–Crippen LogP) is 3.29. The van der Waals surface area contributed by atoms with Crippen molar-refractivity contribution in [1.82, 2.24) is 4.90 Å². The Morgan fingerprint density at radius 2 is 2.05 bits per heavy atom. The maximum atomic E-state index is 12.2. The average molecular weight is 343 g/mol. The normalized spacial score (nSPS) is 24.0. The number of benzene rings is 1. The van der Waals surface area contributed by atoms with Gasteiger partial charge in [-0.3, -0.25) is 4.79 Å². The average Bonchev–Trinajstić information content (AvgIpc) is 3.16. The maximum Gasteiger partial charge on any atom is 0.228 e. The van der Waals surface area contributed by atoms with Gasteiger partial charge >= 0.3 is 0 Å². The topological polar surface area (TPSA) is 41.6 Å². The highest BCUT2D eigenvalue weighted by atomic mass is 35.5. The summed E-state index contributed by atoms with van der Waals surface area (Å²) >= 11 is 12.0. The van der Waals surface area contributed by atoms with E-state index >= 15 is 0 Å². The monoisotopic (exact) mass is 342 g/mol. The highest BCUT2D eigenvalue weighted by Crippen LogP contribution is 2.54. The highest BCUT2D eigenvalue weighted by molar-refractivity contribution is 6.52. The second-order valence-electron chi connectivity index (χ2n) is 5.99. The quantitative estimate of drug-likeness (QED) is 0.853. The first-order valence-corrected chi connectivity index (χ1v) is 8.32. The van der Waals surface area contributed by atoms with E-state index in [-0.39, 0.29) is 11.8 Å². The second kappa shape index (κ2) is 6.17. The van der Waals surface area contributed by atoms with E-state index in [0.29, 0.717) is 12.5 Å². The third kappa shape index (κ3) is 3.44. The third-order valence-corrected chi connectivity index (χ3v) is 5.21. The van der Waals surface area contributed by atoms with Crippen molar-refractivity contribution in [3.05, 3.63) is 24.3 Å². The summed E-state index contributed by atoms with van der Waals surface area (Å²) in [5.74, 6) is 0.732. The molecule has 1 saturated carbocycles. The molecule has 1 aliphatic heterocycles. The SMILES string of the molecule is COc1cccc(NC2CCN(C(=O)C3CC3(Cl)Cl)CC2)c1. The minimum atomic E-state index is -0.827. The van der Waals surface area contributed by atoms with Gasteiger partial charge in [-0.2, -0.15) is 0 Å². The molecule has 1 aliphatic carbocycles. The van der Waals surface area contributed by atoms with Gasteiger partial charge in [-0.25, -0.2) is 0 Å². The van der Waals surface area contributed by atoms with Crippen LogP contribution in [0.4, 0.5) is 5.69 Å². The molecule has 1 saturated heterocycles. The number of piperidine rings is 1. The Kier molecular flexibility index (Phi) is 4.42. The Labute approximate surface area is 140 Å². The van der Waals surface area contributed by atoms with E-state index in [9.17, 15) is 4.79 Å². The summed E-state index contributed by atoms with van der Waals surface area (Å²) in [5.41, 5.74) is 1.05. The number of carbonyl (C=O) groups is 1. The Balaban J connectivity index is 1.50. The molecular formula is C16H20Cl2N2O2. The molecule has 3 rings (SSSR count). The van der Waals surface area contributed by atoms with Gasteiger partial charge in [0.15, 0.2) is 0 Å². The van der Waals surface area contributed by atoms with Crippen molar-refractivity contribution in [2.24, 2.45) is 5.92 Å². The fourth-order valence-corrected chi connectivity index (χ4v) is 3.39. The predicted molar refractivity (Wildman–Crippen MR) is 88.8 cm³/mol. The number of nitrogens with one attached hydrogen (secondary N) is 1. The Bertz CT molecular complexity index is 557. The van der Waals surface area contributed by atoms with Crippen LogP contribution in [0.5, 0.6) is 5.75 Å². The highest BCUT2D eigenvalue weighted by Gasteiger charge is 2.57. The minimum absolute atomic E-state index is 0.102. The van der Waals surface area contributed by atoms with Gasteiger partial charge in [0.25, 0.3) is 0 Å². The van der Waals surface area contributed by atoms with E-state index in [1.54, 1.807) is 7.11 Å². The number of anilines is 1. The Morgan fingerprint density at radius 1 is 1.36 bits per heavy atom. The molecule has 1 aromatic carbocycles. The molecule has 0 spiro atoms. The number of amides is 1. The molecule has 1 N–H and O–H groups in total. The fourth-order valence-electron chi connectivity index (χ4n) is 2.89. The Morgan fingerprint density at radius 3 is 2.64 bits per heavy atom. The van der Waals surface area contributed by atoms with Crippen LogP contribution in [0.2, 0.25) is 0 Å². The molecule has 4 nitrogen and oxygen atoms in total. The number of hydrogen-bond donors (Lipinski definition) is 1. The van der Waals surface area contributed by atoms with Gasteiger partial charge in [0.05, 0.1) is 13.0 Å². The summed E-state index contributed by atoms with van der Waals surface area (Å²) < 4.78 is 4.40. The number of methoxy groups -OCH3 is 1. The molecule has 0 bridgehead atoms. The largest absolute Gasteiger partial charge is 0.497 e. The van der Waals surface area contributed by atoms with E-state index in [1.807, 2.05) is 29.2 Å². The summed E-state index contributed by atoms with van der Waals surface area (Å²) in [7, 11) is 1.66. The van der Waals surface area contributed by atoms with Gasteiger partial charge < -0.3 is 15.0 Å². The van der Waals surface area contributed by atoms with Gasteiger partial charge in [0.2, 0.25) is 5.91 Å². The van der Waals surface area contributed by atoms with Gasteiger partial charge in [-0.1, -0.05) is 6.07 Å². The summed E-state index contributed by atoms with van der Waals surface area (Å²) in [4.78, 5) is 14.1. The van der Waals surface area contributed by atoms with Gasteiger partial charge in [-0.05, 0) is 31.4 Å². The lowest BCUT2D eigenvalue weighted by Gasteiger charge is -2.33. The molecule has 1 unspecified atom stereocenters. The number of halogens is 2. The zero-order chi connectivity index (χ0) is 15.7. The molecule has 120 valence electrons. The van der Waals surface area contributed by atoms with E-state index < -0.39 is 4.33 Å². The smallest absolute Gasteiger partial charge is 0.228 e. The lowest BCUT2D eigenvalue weighted by Crippen LogP contribution is -2.43. The molecule has 0 aromatic heterocycles. The van der Waals surface area contributed by atoms with Crippen molar-refractivity contribution in [3.8, 4) is 5.75 Å². The molecule has 2 aliphatic rings. The molecule has 2 fully saturated rings. The molecule has 1 atom stereocenters. The summed E-state index contributed by atoms with van der Waals surface area (Å²) in [5, 5.41) is 3.51. The van der Waals surface area contributed by atoms with Crippen LogP contribution in [-0.2, 0) is 4.79 Å². The first kappa shape index (κ1) is 15.8. The number of likely N-dealkylation sites (tertiary alicyclic amines) is 1. The first-order valence-electron chi connectivity index (χ1n) is 7.57. The maximum absolute atomic E-state index is 12.2. The van der Waals surface area contributed by atoms with E-state index in [0.717, 1.165) is 37.4 Å². The summed E-state index contributed by atoms with van der Waals surface area (Å²) in [6, 6.07) is 8.27. The van der Waals surface area contributed by atoms with Crippen molar-refractivity contribution in [2.45, 2.75) is 29.6 Å². The van der Waals surface area contributed by atoms with Crippen molar-refractivity contribution in [1.29, 1.82) is 0 Å².